The molecule has 0 bridgehead atoms. The summed E-state index contributed by atoms with van der Waals surface area (Å²) in [5.74, 6) is 0.264. The third-order valence-corrected chi connectivity index (χ3v) is 5.27. The maximum Gasteiger partial charge on any atom is 0.254 e. The van der Waals surface area contributed by atoms with E-state index in [-0.39, 0.29) is 36.8 Å². The summed E-state index contributed by atoms with van der Waals surface area (Å²) in [5, 5.41) is 13.6. The third-order valence-electron chi connectivity index (χ3n) is 5.27. The van der Waals surface area contributed by atoms with Gasteiger partial charge in [-0.2, -0.15) is 5.10 Å². The minimum atomic E-state index is -0.113. The van der Waals surface area contributed by atoms with Gasteiger partial charge in [-0.1, -0.05) is 26.2 Å². The van der Waals surface area contributed by atoms with Crippen LogP contribution < -0.4 is 16.0 Å². The monoisotopic (exact) mass is 383 g/mol. The predicted molar refractivity (Wildman–Crippen MR) is 102 cm³/mol. The minimum Gasteiger partial charge on any atom is -0.352 e. The van der Waals surface area contributed by atoms with Crippen LogP contribution >= 0.6 is 12.4 Å². The van der Waals surface area contributed by atoms with E-state index in [1.165, 1.54) is 25.5 Å². The Balaban J connectivity index is 0.00000243. The topological polar surface area (TPSA) is 88.0 Å². The fraction of sp³-hybridized carbons (Fsp3) is 0.722. The third kappa shape index (κ3) is 5.71. The predicted octanol–water partition coefficient (Wildman–Crippen LogP) is 1.48. The van der Waals surface area contributed by atoms with E-state index in [2.05, 4.69) is 28.0 Å². The molecule has 1 aliphatic carbocycles. The zero-order valence-electron chi connectivity index (χ0n) is 15.4. The first-order chi connectivity index (χ1) is 12.1. The molecule has 1 saturated carbocycles. The van der Waals surface area contributed by atoms with Crippen LogP contribution in [0.25, 0.3) is 0 Å². The van der Waals surface area contributed by atoms with Gasteiger partial charge in [-0.05, 0) is 38.3 Å². The molecule has 0 radical (unpaired) electrons. The Kier molecular flexibility index (Phi) is 7.90. The first-order valence-electron chi connectivity index (χ1n) is 9.45. The van der Waals surface area contributed by atoms with Crippen molar-refractivity contribution in [2.45, 2.75) is 64.1 Å². The van der Waals surface area contributed by atoms with E-state index >= 15 is 0 Å². The molecule has 146 valence electrons. The molecule has 2 amide bonds. The largest absolute Gasteiger partial charge is 0.352 e. The molecule has 2 fully saturated rings. The van der Waals surface area contributed by atoms with Crippen LogP contribution in [0.1, 0.15) is 55.8 Å². The Bertz CT molecular complexity index is 600. The Morgan fingerprint density at radius 2 is 2.00 bits per heavy atom. The van der Waals surface area contributed by atoms with Gasteiger partial charge < -0.3 is 16.0 Å². The van der Waals surface area contributed by atoms with Crippen LogP contribution in [0.15, 0.2) is 12.4 Å². The molecule has 1 aromatic rings. The molecule has 8 heteroatoms. The Morgan fingerprint density at radius 3 is 2.73 bits per heavy atom. The summed E-state index contributed by atoms with van der Waals surface area (Å²) >= 11 is 0. The average Bonchev–Trinajstić information content (AvgIpc) is 3.06. The normalized spacial score (nSPS) is 23.7. The van der Waals surface area contributed by atoms with Crippen LogP contribution in [-0.2, 0) is 11.3 Å². The lowest BCUT2D eigenvalue weighted by Gasteiger charge is -2.30. The van der Waals surface area contributed by atoms with Gasteiger partial charge >= 0.3 is 0 Å². The molecule has 26 heavy (non-hydrogen) atoms. The number of carbonyl (C=O) groups excluding carboxylic acids is 2. The Morgan fingerprint density at radius 1 is 1.23 bits per heavy atom. The zero-order valence-corrected chi connectivity index (χ0v) is 16.2. The van der Waals surface area contributed by atoms with Crippen molar-refractivity contribution in [3.8, 4) is 0 Å². The van der Waals surface area contributed by atoms with Crippen LogP contribution in [0.5, 0.6) is 0 Å². The van der Waals surface area contributed by atoms with Gasteiger partial charge in [-0.25, -0.2) is 0 Å². The molecule has 1 aromatic heterocycles. The molecule has 2 unspecified atom stereocenters. The van der Waals surface area contributed by atoms with E-state index in [0.717, 1.165) is 32.4 Å². The molecule has 0 spiro atoms. The summed E-state index contributed by atoms with van der Waals surface area (Å²) in [4.78, 5) is 24.5. The molecule has 1 aliphatic heterocycles. The Hall–Kier alpha value is -1.60. The van der Waals surface area contributed by atoms with Gasteiger partial charge in [0.1, 0.15) is 6.54 Å². The van der Waals surface area contributed by atoms with Gasteiger partial charge in [-0.3, -0.25) is 14.3 Å². The highest BCUT2D eigenvalue weighted by Gasteiger charge is 2.23. The van der Waals surface area contributed by atoms with Crippen molar-refractivity contribution in [1.82, 2.24) is 25.7 Å². The summed E-state index contributed by atoms with van der Waals surface area (Å²) < 4.78 is 1.54. The fourth-order valence-electron chi connectivity index (χ4n) is 3.71. The van der Waals surface area contributed by atoms with Crippen molar-refractivity contribution < 1.29 is 9.59 Å². The van der Waals surface area contributed by atoms with Crippen LogP contribution in [0, 0.1) is 5.92 Å². The molecule has 2 aliphatic rings. The van der Waals surface area contributed by atoms with Crippen molar-refractivity contribution >= 4 is 24.2 Å². The molecule has 1 saturated heterocycles. The quantitative estimate of drug-likeness (QED) is 0.718. The van der Waals surface area contributed by atoms with Crippen molar-refractivity contribution in [2.75, 3.05) is 13.1 Å². The lowest BCUT2D eigenvalue weighted by atomic mass is 9.95. The highest BCUT2D eigenvalue weighted by Crippen LogP contribution is 2.17. The zero-order chi connectivity index (χ0) is 17.6. The Labute approximate surface area is 161 Å². The number of halogens is 1. The van der Waals surface area contributed by atoms with Gasteiger partial charge in [-0.15, -0.1) is 12.4 Å². The second-order valence-corrected chi connectivity index (χ2v) is 7.38. The highest BCUT2D eigenvalue weighted by molar-refractivity contribution is 5.94. The number of nitrogens with one attached hydrogen (secondary N) is 3. The number of rotatable bonds is 5. The molecular weight excluding hydrogens is 354 g/mol. The van der Waals surface area contributed by atoms with E-state index in [0.29, 0.717) is 17.5 Å². The summed E-state index contributed by atoms with van der Waals surface area (Å²) in [6.45, 7) is 4.14. The van der Waals surface area contributed by atoms with Crippen molar-refractivity contribution in [3.05, 3.63) is 18.0 Å². The highest BCUT2D eigenvalue weighted by atomic mass is 35.5. The number of hydrogen-bond acceptors (Lipinski definition) is 4. The van der Waals surface area contributed by atoms with Crippen molar-refractivity contribution in [3.63, 3.8) is 0 Å². The van der Waals surface area contributed by atoms with Gasteiger partial charge in [0.05, 0.1) is 11.8 Å². The second kappa shape index (κ2) is 9.92. The van der Waals surface area contributed by atoms with E-state index < -0.39 is 0 Å². The van der Waals surface area contributed by atoms with Gasteiger partial charge in [0, 0.05) is 18.3 Å². The average molecular weight is 384 g/mol. The van der Waals surface area contributed by atoms with E-state index in [1.807, 2.05) is 0 Å². The summed E-state index contributed by atoms with van der Waals surface area (Å²) in [6, 6.07) is 0.479. The van der Waals surface area contributed by atoms with Crippen molar-refractivity contribution in [1.29, 1.82) is 0 Å². The number of piperidine rings is 1. The standard InChI is InChI=1S/C18H29N5O2.ClH/c1-13-9-19-8-7-16(13)22-18(25)14-10-20-23(11-14)12-17(24)21-15-5-3-2-4-6-15;/h10-11,13,15-16,19H,2-9,12H2,1H3,(H,21,24)(H,22,25);1H. The lowest BCUT2D eigenvalue weighted by Crippen LogP contribution is -2.48. The number of carbonyl (C=O) groups is 2. The molecule has 3 N–H and O–H groups in total. The SMILES string of the molecule is CC1CNCCC1NC(=O)c1cnn(CC(=O)NC2CCCCC2)c1.Cl. The van der Waals surface area contributed by atoms with Crippen LogP contribution in [0.4, 0.5) is 0 Å². The van der Waals surface area contributed by atoms with E-state index in [1.54, 1.807) is 10.9 Å². The van der Waals surface area contributed by atoms with Crippen LogP contribution in [0.2, 0.25) is 0 Å². The number of aromatic nitrogens is 2. The molecule has 0 aromatic carbocycles. The van der Waals surface area contributed by atoms with Gasteiger partial charge in [0.15, 0.2) is 0 Å². The fourth-order valence-corrected chi connectivity index (χ4v) is 3.71. The van der Waals surface area contributed by atoms with E-state index in [4.69, 9.17) is 0 Å². The maximum absolute atomic E-state index is 12.4. The number of amides is 2. The first kappa shape index (κ1) is 20.7. The van der Waals surface area contributed by atoms with E-state index in [9.17, 15) is 9.59 Å². The smallest absolute Gasteiger partial charge is 0.254 e. The summed E-state index contributed by atoms with van der Waals surface area (Å²) in [6.07, 6.45) is 9.89. The summed E-state index contributed by atoms with van der Waals surface area (Å²) in [5.41, 5.74) is 0.510. The van der Waals surface area contributed by atoms with Crippen LogP contribution in [-0.4, -0.2) is 46.8 Å². The number of nitrogens with zero attached hydrogens (tertiary/aromatic N) is 2. The molecular formula is C18H30ClN5O2. The molecule has 2 heterocycles. The van der Waals surface area contributed by atoms with Gasteiger partial charge in [0.2, 0.25) is 5.91 Å². The molecule has 7 nitrogen and oxygen atoms in total. The second-order valence-electron chi connectivity index (χ2n) is 7.38. The van der Waals surface area contributed by atoms with Crippen molar-refractivity contribution in [2.24, 2.45) is 5.92 Å². The molecule has 2 atom stereocenters. The molecule has 3 rings (SSSR count). The minimum absolute atomic E-state index is 0. The maximum atomic E-state index is 12.4. The van der Waals surface area contributed by atoms with Gasteiger partial charge in [0.25, 0.3) is 5.91 Å². The number of hydrogen-bond donors (Lipinski definition) is 3. The first-order valence-corrected chi connectivity index (χ1v) is 9.45. The summed E-state index contributed by atoms with van der Waals surface area (Å²) in [7, 11) is 0. The lowest BCUT2D eigenvalue weighted by molar-refractivity contribution is -0.122. The van der Waals surface area contributed by atoms with Crippen LogP contribution in [0.3, 0.4) is 0 Å².